The molecule has 0 radical (unpaired) electrons. The average molecular weight is 787 g/mol. The first kappa shape index (κ1) is 37.1. The van der Waals surface area contributed by atoms with Crippen molar-refractivity contribution < 1.29 is 27.4 Å². The van der Waals surface area contributed by atoms with E-state index in [4.69, 9.17) is 32.6 Å². The average Bonchev–Trinajstić information content (AvgIpc) is 3.85. The van der Waals surface area contributed by atoms with E-state index < -0.39 is 29.4 Å². The fourth-order valence-electron chi connectivity index (χ4n) is 9.52. The summed E-state index contributed by atoms with van der Waals surface area (Å²) in [7, 11) is 0. The van der Waals surface area contributed by atoms with Crippen LogP contribution in [0.5, 0.6) is 6.01 Å². The van der Waals surface area contributed by atoms with E-state index in [9.17, 15) is 13.6 Å². The van der Waals surface area contributed by atoms with Gasteiger partial charge < -0.3 is 24.1 Å². The standard InChI is InChI=1S/C41H42ClF3N8O3/c1-46-18-27-21-51(15-16-53(27)33(54)7-3-13-50-22-28-9-10-29(23-50)56-28)39-31-19-47-37(30-6-2-5-25-8-11-32(44)35(42)34(25)30)36(45)38(31)48-40(49-39)55-24-41-12-4-14-52(41)20-26(43)17-41/h2-3,5-8,11,19,26-29H,4,9-10,12-18,20-24H2/b7-3+/t26-,27+,28?,29?,41+/m1/s1. The van der Waals surface area contributed by atoms with Gasteiger partial charge in [-0.2, -0.15) is 9.97 Å². The van der Waals surface area contributed by atoms with Crippen LogP contribution in [0.25, 0.3) is 37.8 Å². The molecule has 0 N–H and O–H groups in total. The van der Waals surface area contributed by atoms with Gasteiger partial charge in [0.15, 0.2) is 5.82 Å². The molecule has 2 aromatic heterocycles. The van der Waals surface area contributed by atoms with Gasteiger partial charge in [0.05, 0.1) is 28.2 Å². The lowest BCUT2D eigenvalue weighted by atomic mass is 9.95. The maximum absolute atomic E-state index is 17.0. The molecule has 56 heavy (non-hydrogen) atoms. The van der Waals surface area contributed by atoms with Crippen molar-refractivity contribution in [2.75, 3.05) is 70.4 Å². The first-order valence-corrected chi connectivity index (χ1v) is 19.8. The van der Waals surface area contributed by atoms with E-state index in [2.05, 4.69) is 24.6 Å². The number of aromatic nitrogens is 3. The van der Waals surface area contributed by atoms with Crippen molar-refractivity contribution in [1.29, 1.82) is 0 Å². The van der Waals surface area contributed by atoms with Crippen LogP contribution in [0.3, 0.4) is 0 Å². The number of nitrogens with zero attached hydrogens (tertiary/aromatic N) is 8. The largest absolute Gasteiger partial charge is 0.461 e. The summed E-state index contributed by atoms with van der Waals surface area (Å²) >= 11 is 6.44. The minimum atomic E-state index is -0.960. The van der Waals surface area contributed by atoms with Gasteiger partial charge in [-0.25, -0.2) is 19.7 Å². The number of anilines is 1. The number of halogens is 4. The number of likely N-dealkylation sites (tertiary alicyclic amines) is 1. The minimum absolute atomic E-state index is 0.0604. The van der Waals surface area contributed by atoms with E-state index in [0.717, 1.165) is 45.3 Å². The Labute approximate surface area is 327 Å². The van der Waals surface area contributed by atoms with Gasteiger partial charge in [-0.1, -0.05) is 41.9 Å². The summed E-state index contributed by atoms with van der Waals surface area (Å²) in [6, 6.07) is 7.42. The fourth-order valence-corrected chi connectivity index (χ4v) is 9.79. The monoisotopic (exact) mass is 786 g/mol. The number of ether oxygens (including phenoxy) is 2. The van der Waals surface area contributed by atoms with Crippen LogP contribution in [0.1, 0.15) is 32.1 Å². The molecular weight excluding hydrogens is 745 g/mol. The zero-order valence-electron chi connectivity index (χ0n) is 30.8. The van der Waals surface area contributed by atoms with Gasteiger partial charge in [-0.3, -0.25) is 19.6 Å². The number of hydrogen-bond acceptors (Lipinski definition) is 9. The van der Waals surface area contributed by atoms with Gasteiger partial charge >= 0.3 is 6.01 Å². The molecule has 4 aromatic rings. The van der Waals surface area contributed by atoms with Crippen LogP contribution in [0.15, 0.2) is 48.7 Å². The number of carbonyl (C=O) groups excluding carboxylic acids is 1. The summed E-state index contributed by atoms with van der Waals surface area (Å²) in [5.74, 6) is -1.22. The SMILES string of the molecule is [C-]#[N+]C[C@H]1CN(c2nc(OC[C@@]34CCCN3C[C@H](F)C4)nc3c(F)c(-c4cccc5ccc(F)c(Cl)c45)ncc23)CCN1C(=O)/C=C/CN1CC2CCC(C1)O2. The maximum atomic E-state index is 17.0. The van der Waals surface area contributed by atoms with E-state index in [1.165, 1.54) is 12.3 Å². The summed E-state index contributed by atoms with van der Waals surface area (Å²) in [5, 5.41) is 1.10. The van der Waals surface area contributed by atoms with Crippen LogP contribution >= 0.6 is 11.6 Å². The first-order chi connectivity index (χ1) is 27.2. The van der Waals surface area contributed by atoms with Crippen molar-refractivity contribution in [2.45, 2.75) is 62.1 Å². The smallest absolute Gasteiger partial charge is 0.319 e. The second-order valence-corrected chi connectivity index (χ2v) is 16.1. The van der Waals surface area contributed by atoms with Crippen molar-refractivity contribution in [3.8, 4) is 17.3 Å². The molecule has 2 aromatic carbocycles. The Morgan fingerprint density at radius 3 is 2.75 bits per heavy atom. The Kier molecular flexibility index (Phi) is 9.98. The van der Waals surface area contributed by atoms with Crippen molar-refractivity contribution in [2.24, 2.45) is 0 Å². The van der Waals surface area contributed by atoms with Gasteiger partial charge in [0.2, 0.25) is 12.5 Å². The predicted octanol–water partition coefficient (Wildman–Crippen LogP) is 6.09. The van der Waals surface area contributed by atoms with Gasteiger partial charge in [0.25, 0.3) is 0 Å². The van der Waals surface area contributed by atoms with Crippen LogP contribution in [0, 0.1) is 18.2 Å². The lowest BCUT2D eigenvalue weighted by Crippen LogP contribution is -2.56. The number of morpholine rings is 1. The normalized spacial score (nSPS) is 26.8. The highest BCUT2D eigenvalue weighted by Gasteiger charge is 2.49. The van der Waals surface area contributed by atoms with E-state index >= 15 is 4.39 Å². The van der Waals surface area contributed by atoms with Crippen LogP contribution in [0.2, 0.25) is 5.02 Å². The molecule has 5 atom stereocenters. The van der Waals surface area contributed by atoms with Gasteiger partial charge in [0, 0.05) is 75.5 Å². The number of fused-ring (bicyclic) bond motifs is 5. The van der Waals surface area contributed by atoms with Crippen LogP contribution in [-0.2, 0) is 9.53 Å². The molecule has 5 aliphatic rings. The predicted molar refractivity (Wildman–Crippen MR) is 206 cm³/mol. The summed E-state index contributed by atoms with van der Waals surface area (Å²) in [4.78, 5) is 39.2. The summed E-state index contributed by atoms with van der Waals surface area (Å²) in [5.41, 5.74) is -0.325. The number of piperazine rings is 1. The number of carbonyl (C=O) groups is 1. The fraction of sp³-hybridized carbons (Fsp3) is 0.488. The molecule has 5 aliphatic heterocycles. The molecule has 5 saturated heterocycles. The van der Waals surface area contributed by atoms with Crippen LogP contribution in [0.4, 0.5) is 19.0 Å². The van der Waals surface area contributed by atoms with E-state index in [0.29, 0.717) is 60.1 Å². The zero-order valence-corrected chi connectivity index (χ0v) is 31.6. The molecule has 2 bridgehead atoms. The number of amides is 1. The second kappa shape index (κ2) is 15.1. The number of alkyl halides is 1. The Balaban J connectivity index is 1.04. The summed E-state index contributed by atoms with van der Waals surface area (Å²) in [6.45, 7) is 12.3. The molecule has 5 fully saturated rings. The quantitative estimate of drug-likeness (QED) is 0.148. The van der Waals surface area contributed by atoms with E-state index in [-0.39, 0.29) is 60.1 Å². The number of rotatable bonds is 9. The lowest BCUT2D eigenvalue weighted by molar-refractivity contribution is -0.128. The summed E-state index contributed by atoms with van der Waals surface area (Å²) in [6.07, 6.45) is 8.71. The molecule has 0 aliphatic carbocycles. The van der Waals surface area contributed by atoms with Gasteiger partial charge in [0.1, 0.15) is 41.7 Å². The van der Waals surface area contributed by atoms with Gasteiger partial charge in [-0.15, -0.1) is 0 Å². The number of pyridine rings is 1. The Morgan fingerprint density at radius 1 is 1.09 bits per heavy atom. The van der Waals surface area contributed by atoms with Crippen molar-refractivity contribution in [3.63, 3.8) is 0 Å². The Hall–Kier alpha value is -4.55. The second-order valence-electron chi connectivity index (χ2n) is 15.7. The number of benzene rings is 2. The third-order valence-corrected chi connectivity index (χ3v) is 12.5. The van der Waals surface area contributed by atoms with Crippen molar-refractivity contribution in [1.82, 2.24) is 29.7 Å². The zero-order chi connectivity index (χ0) is 38.6. The molecule has 292 valence electrons. The topological polar surface area (TPSA) is 91.5 Å². The lowest BCUT2D eigenvalue weighted by Gasteiger charge is -2.39. The molecule has 15 heteroatoms. The van der Waals surface area contributed by atoms with Crippen LogP contribution in [-0.4, -0.2) is 131 Å². The highest BCUT2D eigenvalue weighted by Crippen LogP contribution is 2.42. The highest BCUT2D eigenvalue weighted by molar-refractivity contribution is 6.36. The van der Waals surface area contributed by atoms with Crippen LogP contribution < -0.4 is 9.64 Å². The van der Waals surface area contributed by atoms with E-state index in [1.807, 2.05) is 11.0 Å². The summed E-state index contributed by atoms with van der Waals surface area (Å²) < 4.78 is 58.5. The Morgan fingerprint density at radius 2 is 1.93 bits per heavy atom. The molecule has 11 nitrogen and oxygen atoms in total. The molecule has 7 heterocycles. The highest BCUT2D eigenvalue weighted by atomic mass is 35.5. The Bertz CT molecular complexity index is 2250. The van der Waals surface area contributed by atoms with Crippen molar-refractivity contribution >= 4 is 45.0 Å². The molecule has 9 rings (SSSR count). The van der Waals surface area contributed by atoms with E-state index in [1.54, 1.807) is 35.2 Å². The minimum Gasteiger partial charge on any atom is -0.461 e. The van der Waals surface area contributed by atoms with Crippen molar-refractivity contribution in [3.05, 3.63) is 76.8 Å². The number of hydrogen-bond donors (Lipinski definition) is 0. The molecule has 2 unspecified atom stereocenters. The third kappa shape index (κ3) is 6.82. The molecule has 0 saturated carbocycles. The third-order valence-electron chi connectivity index (χ3n) is 12.2. The molecule has 0 spiro atoms. The van der Waals surface area contributed by atoms with Gasteiger partial charge in [-0.05, 0) is 43.7 Å². The molecular formula is C41H42ClF3N8O3. The first-order valence-electron chi connectivity index (χ1n) is 19.4. The maximum Gasteiger partial charge on any atom is 0.319 e. The molecule has 1 amide bonds.